The summed E-state index contributed by atoms with van der Waals surface area (Å²) in [6, 6.07) is 7.33. The fourth-order valence-corrected chi connectivity index (χ4v) is 2.59. The third kappa shape index (κ3) is 2.74. The lowest BCUT2D eigenvalue weighted by atomic mass is 10.1. The zero-order valence-corrected chi connectivity index (χ0v) is 12.7. The number of rotatable bonds is 2. The number of benzene rings is 2. The predicted molar refractivity (Wildman–Crippen MR) is 83.4 cm³/mol. The standard InChI is InChI=1S/C17H8ClF3N2O/c18-11-2-1-9(13(19)3-11)7-23-8-10(6-22)17(24)12-4-14(20)15(21)5-16(12)23/h1-5,8H,7H2. The Labute approximate surface area is 139 Å². The Kier molecular flexibility index (Phi) is 4.04. The number of hydrogen-bond donors (Lipinski definition) is 0. The molecule has 0 saturated heterocycles. The van der Waals surface area contributed by atoms with Crippen molar-refractivity contribution in [2.45, 2.75) is 6.54 Å². The van der Waals surface area contributed by atoms with E-state index < -0.39 is 22.9 Å². The van der Waals surface area contributed by atoms with E-state index in [1.54, 1.807) is 6.07 Å². The molecule has 0 amide bonds. The molecule has 0 fully saturated rings. The molecule has 0 radical (unpaired) electrons. The maximum atomic E-state index is 14.0. The van der Waals surface area contributed by atoms with E-state index in [1.807, 2.05) is 0 Å². The summed E-state index contributed by atoms with van der Waals surface area (Å²) in [5, 5.41) is 9.12. The van der Waals surface area contributed by atoms with Gasteiger partial charge in [-0.2, -0.15) is 5.26 Å². The van der Waals surface area contributed by atoms with Crippen molar-refractivity contribution in [1.82, 2.24) is 4.57 Å². The molecule has 0 saturated carbocycles. The smallest absolute Gasteiger partial charge is 0.207 e. The summed E-state index contributed by atoms with van der Waals surface area (Å²) < 4.78 is 42.3. The van der Waals surface area contributed by atoms with E-state index in [0.29, 0.717) is 0 Å². The SMILES string of the molecule is N#Cc1cn(Cc2ccc(Cl)cc2F)c2cc(F)c(F)cc2c1=O. The van der Waals surface area contributed by atoms with Gasteiger partial charge in [-0.15, -0.1) is 0 Å². The van der Waals surface area contributed by atoms with Crippen LogP contribution >= 0.6 is 11.6 Å². The molecule has 24 heavy (non-hydrogen) atoms. The van der Waals surface area contributed by atoms with Crippen molar-refractivity contribution in [2.24, 2.45) is 0 Å². The molecule has 3 rings (SSSR count). The van der Waals surface area contributed by atoms with E-state index >= 15 is 0 Å². The number of pyridine rings is 1. The van der Waals surface area contributed by atoms with E-state index in [9.17, 15) is 18.0 Å². The lowest BCUT2D eigenvalue weighted by Gasteiger charge is -2.13. The Morgan fingerprint density at radius 2 is 1.79 bits per heavy atom. The van der Waals surface area contributed by atoms with Crippen LogP contribution in [0.4, 0.5) is 13.2 Å². The van der Waals surface area contributed by atoms with E-state index in [0.717, 1.165) is 18.2 Å². The van der Waals surface area contributed by atoms with E-state index in [2.05, 4.69) is 0 Å². The maximum Gasteiger partial charge on any atom is 0.207 e. The molecule has 7 heteroatoms. The van der Waals surface area contributed by atoms with E-state index in [1.165, 1.54) is 22.9 Å². The molecule has 3 aromatic rings. The van der Waals surface area contributed by atoms with Crippen LogP contribution in [0.25, 0.3) is 10.9 Å². The van der Waals surface area contributed by atoms with Crippen molar-refractivity contribution >= 4 is 22.5 Å². The van der Waals surface area contributed by atoms with Crippen LogP contribution < -0.4 is 5.43 Å². The fourth-order valence-electron chi connectivity index (χ4n) is 2.43. The molecular formula is C17H8ClF3N2O. The number of nitriles is 1. The van der Waals surface area contributed by atoms with Gasteiger partial charge in [0, 0.05) is 22.8 Å². The van der Waals surface area contributed by atoms with Crippen molar-refractivity contribution in [1.29, 1.82) is 5.26 Å². The highest BCUT2D eigenvalue weighted by Crippen LogP contribution is 2.20. The molecule has 0 atom stereocenters. The largest absolute Gasteiger partial charge is 0.341 e. The summed E-state index contributed by atoms with van der Waals surface area (Å²) >= 11 is 5.70. The van der Waals surface area contributed by atoms with Gasteiger partial charge in [0.25, 0.3) is 0 Å². The number of halogens is 4. The van der Waals surface area contributed by atoms with Gasteiger partial charge < -0.3 is 4.57 Å². The second-order valence-electron chi connectivity index (χ2n) is 5.13. The quantitative estimate of drug-likeness (QED) is 0.703. The first-order valence-electron chi connectivity index (χ1n) is 6.77. The Balaban J connectivity index is 2.27. The highest BCUT2D eigenvalue weighted by atomic mass is 35.5. The van der Waals surface area contributed by atoms with Crippen LogP contribution in [0.2, 0.25) is 5.02 Å². The van der Waals surface area contributed by atoms with E-state index in [-0.39, 0.29) is 33.6 Å². The summed E-state index contributed by atoms with van der Waals surface area (Å²) in [6.07, 6.45) is 1.19. The average Bonchev–Trinajstić information content (AvgIpc) is 2.54. The minimum Gasteiger partial charge on any atom is -0.341 e. The molecule has 0 bridgehead atoms. The molecule has 0 N–H and O–H groups in total. The molecule has 2 aromatic carbocycles. The minimum atomic E-state index is -1.20. The molecular weight excluding hydrogens is 341 g/mol. The van der Waals surface area contributed by atoms with Crippen LogP contribution in [0, 0.1) is 28.8 Å². The monoisotopic (exact) mass is 348 g/mol. The van der Waals surface area contributed by atoms with Gasteiger partial charge in [-0.05, 0) is 18.2 Å². The molecule has 1 aromatic heterocycles. The molecule has 0 unspecified atom stereocenters. The highest BCUT2D eigenvalue weighted by Gasteiger charge is 2.14. The summed E-state index contributed by atoms with van der Waals surface area (Å²) in [6.45, 7) is -0.0838. The van der Waals surface area contributed by atoms with Crippen LogP contribution in [0.1, 0.15) is 11.1 Å². The van der Waals surface area contributed by atoms with Crippen LogP contribution in [-0.4, -0.2) is 4.57 Å². The van der Waals surface area contributed by atoms with Crippen LogP contribution in [0.5, 0.6) is 0 Å². The van der Waals surface area contributed by atoms with Crippen molar-refractivity contribution in [3.63, 3.8) is 0 Å². The average molecular weight is 349 g/mol. The Hall–Kier alpha value is -2.78. The van der Waals surface area contributed by atoms with Crippen molar-refractivity contribution < 1.29 is 13.2 Å². The zero-order valence-electron chi connectivity index (χ0n) is 12.0. The van der Waals surface area contributed by atoms with Crippen molar-refractivity contribution in [3.05, 3.63) is 80.4 Å². The van der Waals surface area contributed by atoms with Crippen molar-refractivity contribution in [3.8, 4) is 6.07 Å². The first-order valence-corrected chi connectivity index (χ1v) is 7.14. The third-order valence-corrected chi connectivity index (χ3v) is 3.83. The number of fused-ring (bicyclic) bond motifs is 1. The van der Waals surface area contributed by atoms with Gasteiger partial charge in [0.2, 0.25) is 5.43 Å². The van der Waals surface area contributed by atoms with Crippen molar-refractivity contribution in [2.75, 3.05) is 0 Å². The van der Waals surface area contributed by atoms with Gasteiger partial charge in [-0.25, -0.2) is 13.2 Å². The van der Waals surface area contributed by atoms with E-state index in [4.69, 9.17) is 16.9 Å². The van der Waals surface area contributed by atoms with Gasteiger partial charge in [0.15, 0.2) is 11.6 Å². The van der Waals surface area contributed by atoms with Crippen LogP contribution in [-0.2, 0) is 6.54 Å². The van der Waals surface area contributed by atoms with Gasteiger partial charge in [0.05, 0.1) is 17.4 Å². The normalized spacial score (nSPS) is 10.8. The molecule has 0 aliphatic heterocycles. The molecule has 0 spiro atoms. The number of hydrogen-bond acceptors (Lipinski definition) is 2. The molecule has 0 aliphatic carbocycles. The number of aromatic nitrogens is 1. The molecule has 0 aliphatic rings. The molecule has 1 heterocycles. The predicted octanol–water partition coefficient (Wildman–Crippen LogP) is 3.99. The van der Waals surface area contributed by atoms with Gasteiger partial charge in [0.1, 0.15) is 17.4 Å². The second-order valence-corrected chi connectivity index (χ2v) is 5.57. The third-order valence-electron chi connectivity index (χ3n) is 3.60. The Bertz CT molecular complexity index is 1070. The first kappa shape index (κ1) is 16.1. The fraction of sp³-hybridized carbons (Fsp3) is 0.0588. The van der Waals surface area contributed by atoms with Gasteiger partial charge in [-0.3, -0.25) is 4.79 Å². The Morgan fingerprint density at radius 3 is 2.46 bits per heavy atom. The van der Waals surface area contributed by atoms with Gasteiger partial charge in [-0.1, -0.05) is 17.7 Å². The molecule has 120 valence electrons. The summed E-state index contributed by atoms with van der Waals surface area (Å²) in [7, 11) is 0. The topological polar surface area (TPSA) is 45.8 Å². The lowest BCUT2D eigenvalue weighted by molar-refractivity contribution is 0.510. The first-order chi connectivity index (χ1) is 11.4. The highest BCUT2D eigenvalue weighted by molar-refractivity contribution is 6.30. The molecule has 3 nitrogen and oxygen atoms in total. The van der Waals surface area contributed by atoms with Crippen LogP contribution in [0.3, 0.4) is 0 Å². The summed E-state index contributed by atoms with van der Waals surface area (Å²) in [5.41, 5.74) is -0.674. The minimum absolute atomic E-state index is 0.0623. The summed E-state index contributed by atoms with van der Waals surface area (Å²) in [5.74, 6) is -2.92. The zero-order chi connectivity index (χ0) is 17.4. The second kappa shape index (κ2) is 6.02. The summed E-state index contributed by atoms with van der Waals surface area (Å²) in [4.78, 5) is 12.1. The van der Waals surface area contributed by atoms with Gasteiger partial charge >= 0.3 is 0 Å². The number of nitrogens with zero attached hydrogens (tertiary/aromatic N) is 2. The maximum absolute atomic E-state index is 14.0. The van der Waals surface area contributed by atoms with Crippen LogP contribution in [0.15, 0.2) is 41.3 Å². The lowest BCUT2D eigenvalue weighted by Crippen LogP contribution is -2.14. The Morgan fingerprint density at radius 1 is 1.08 bits per heavy atom.